The first-order chi connectivity index (χ1) is 8.59. The van der Waals surface area contributed by atoms with Gasteiger partial charge in [0, 0.05) is 23.1 Å². The van der Waals surface area contributed by atoms with Gasteiger partial charge in [0.1, 0.15) is 0 Å². The summed E-state index contributed by atoms with van der Waals surface area (Å²) in [5, 5.41) is 13.6. The molecule has 1 heterocycles. The normalized spacial score (nSPS) is 25.0. The Balaban J connectivity index is 2.24. The van der Waals surface area contributed by atoms with Crippen molar-refractivity contribution < 1.29 is 9.84 Å². The van der Waals surface area contributed by atoms with Gasteiger partial charge in [0.05, 0.1) is 12.7 Å². The van der Waals surface area contributed by atoms with Gasteiger partial charge in [-0.15, -0.1) is 0 Å². The van der Waals surface area contributed by atoms with Crippen molar-refractivity contribution in [3.63, 3.8) is 0 Å². The van der Waals surface area contributed by atoms with E-state index in [-0.39, 0.29) is 12.1 Å². The molecule has 1 aliphatic heterocycles. The van der Waals surface area contributed by atoms with Gasteiger partial charge >= 0.3 is 0 Å². The lowest BCUT2D eigenvalue weighted by molar-refractivity contribution is 0.128. The van der Waals surface area contributed by atoms with Gasteiger partial charge in [0.25, 0.3) is 0 Å². The van der Waals surface area contributed by atoms with E-state index in [4.69, 9.17) is 4.74 Å². The average Bonchev–Trinajstić information content (AvgIpc) is 2.87. The van der Waals surface area contributed by atoms with Crippen LogP contribution in [0.3, 0.4) is 0 Å². The number of aliphatic hydroxyl groups excluding tert-OH is 1. The standard InChI is InChI=1S/C14H29NO2S/c1-4-7-15-14(3,11-16)9-12(2)18-10-13-6-5-8-17-13/h12-13,15-16H,4-11H2,1-3H3. The van der Waals surface area contributed by atoms with E-state index in [1.54, 1.807) is 0 Å². The maximum atomic E-state index is 9.54. The molecule has 0 aromatic carbocycles. The minimum atomic E-state index is -0.140. The second-order valence-electron chi connectivity index (χ2n) is 5.63. The van der Waals surface area contributed by atoms with Crippen LogP contribution in [0, 0.1) is 0 Å². The molecule has 18 heavy (non-hydrogen) atoms. The second-order valence-corrected chi connectivity index (χ2v) is 7.10. The van der Waals surface area contributed by atoms with Crippen molar-refractivity contribution in [1.82, 2.24) is 5.32 Å². The molecule has 3 atom stereocenters. The number of thioether (sulfide) groups is 1. The molecule has 0 aromatic rings. The van der Waals surface area contributed by atoms with Gasteiger partial charge in [-0.05, 0) is 39.2 Å². The predicted octanol–water partition coefficient (Wildman–Crippen LogP) is 2.43. The number of aliphatic hydroxyl groups is 1. The minimum absolute atomic E-state index is 0.140. The van der Waals surface area contributed by atoms with Crippen LogP contribution in [0.4, 0.5) is 0 Å². The van der Waals surface area contributed by atoms with Crippen LogP contribution in [0.2, 0.25) is 0 Å². The van der Waals surface area contributed by atoms with Gasteiger partial charge in [0.2, 0.25) is 0 Å². The molecule has 0 saturated carbocycles. The van der Waals surface area contributed by atoms with E-state index < -0.39 is 0 Å². The molecule has 0 aromatic heterocycles. The quantitative estimate of drug-likeness (QED) is 0.678. The molecule has 1 aliphatic rings. The van der Waals surface area contributed by atoms with Crippen LogP contribution in [0.5, 0.6) is 0 Å². The van der Waals surface area contributed by atoms with Crippen molar-refractivity contribution >= 4 is 11.8 Å². The van der Waals surface area contributed by atoms with Crippen molar-refractivity contribution in [2.24, 2.45) is 0 Å². The third-order valence-electron chi connectivity index (χ3n) is 3.48. The lowest BCUT2D eigenvalue weighted by atomic mass is 9.97. The van der Waals surface area contributed by atoms with Crippen LogP contribution in [0.25, 0.3) is 0 Å². The molecule has 2 N–H and O–H groups in total. The summed E-state index contributed by atoms with van der Waals surface area (Å²) >= 11 is 1.97. The molecule has 1 rings (SSSR count). The van der Waals surface area contributed by atoms with E-state index in [1.165, 1.54) is 12.8 Å². The molecule has 0 radical (unpaired) electrons. The topological polar surface area (TPSA) is 41.5 Å². The summed E-state index contributed by atoms with van der Waals surface area (Å²) in [6, 6.07) is 0. The summed E-state index contributed by atoms with van der Waals surface area (Å²) in [7, 11) is 0. The Kier molecular flexibility index (Phi) is 7.61. The molecule has 3 unspecified atom stereocenters. The molecule has 0 amide bonds. The molecule has 0 bridgehead atoms. The molecule has 0 aliphatic carbocycles. The predicted molar refractivity (Wildman–Crippen MR) is 79.3 cm³/mol. The maximum absolute atomic E-state index is 9.54. The number of hydrogen-bond acceptors (Lipinski definition) is 4. The zero-order valence-corrected chi connectivity index (χ0v) is 12.9. The summed E-state index contributed by atoms with van der Waals surface area (Å²) < 4.78 is 5.64. The number of ether oxygens (including phenoxy) is 1. The zero-order chi connectivity index (χ0) is 13.4. The van der Waals surface area contributed by atoms with E-state index in [1.807, 2.05) is 11.8 Å². The van der Waals surface area contributed by atoms with Crippen molar-refractivity contribution in [3.05, 3.63) is 0 Å². The van der Waals surface area contributed by atoms with Crippen LogP contribution >= 0.6 is 11.8 Å². The Morgan fingerprint density at radius 2 is 2.33 bits per heavy atom. The SMILES string of the molecule is CCCNC(C)(CO)CC(C)SCC1CCCO1. The van der Waals surface area contributed by atoms with Gasteiger partial charge in [-0.25, -0.2) is 0 Å². The molecule has 4 heteroatoms. The Hall–Kier alpha value is 0.230. The van der Waals surface area contributed by atoms with E-state index >= 15 is 0 Å². The van der Waals surface area contributed by atoms with Crippen LogP contribution < -0.4 is 5.32 Å². The molecule has 108 valence electrons. The second kappa shape index (κ2) is 8.41. The van der Waals surface area contributed by atoms with Gasteiger partial charge in [-0.1, -0.05) is 13.8 Å². The maximum Gasteiger partial charge on any atom is 0.0666 e. The summed E-state index contributed by atoms with van der Waals surface area (Å²) in [6.45, 7) is 8.64. The highest BCUT2D eigenvalue weighted by Crippen LogP contribution is 2.25. The van der Waals surface area contributed by atoms with Gasteiger partial charge < -0.3 is 15.2 Å². The van der Waals surface area contributed by atoms with E-state index in [0.29, 0.717) is 11.4 Å². The first-order valence-electron chi connectivity index (χ1n) is 7.18. The monoisotopic (exact) mass is 275 g/mol. The zero-order valence-electron chi connectivity index (χ0n) is 12.1. The molecule has 1 saturated heterocycles. The van der Waals surface area contributed by atoms with Crippen LogP contribution in [-0.4, -0.2) is 47.5 Å². The van der Waals surface area contributed by atoms with Crippen molar-refractivity contribution in [2.45, 2.75) is 63.3 Å². The van der Waals surface area contributed by atoms with Gasteiger partial charge in [-0.3, -0.25) is 0 Å². The molecule has 3 nitrogen and oxygen atoms in total. The molecular formula is C14H29NO2S. The Labute approximate surface area is 116 Å². The number of nitrogens with one attached hydrogen (secondary N) is 1. The van der Waals surface area contributed by atoms with E-state index in [9.17, 15) is 5.11 Å². The molecule has 1 fully saturated rings. The van der Waals surface area contributed by atoms with Crippen LogP contribution in [0.1, 0.15) is 46.5 Å². The Morgan fingerprint density at radius 1 is 1.56 bits per heavy atom. The van der Waals surface area contributed by atoms with Crippen molar-refractivity contribution in [1.29, 1.82) is 0 Å². The highest BCUT2D eigenvalue weighted by atomic mass is 32.2. The van der Waals surface area contributed by atoms with Crippen LogP contribution in [0.15, 0.2) is 0 Å². The molecular weight excluding hydrogens is 246 g/mol. The average molecular weight is 275 g/mol. The highest BCUT2D eigenvalue weighted by molar-refractivity contribution is 7.99. The lowest BCUT2D eigenvalue weighted by Gasteiger charge is -2.31. The summed E-state index contributed by atoms with van der Waals surface area (Å²) in [4.78, 5) is 0. The minimum Gasteiger partial charge on any atom is -0.394 e. The Morgan fingerprint density at radius 3 is 2.89 bits per heavy atom. The van der Waals surface area contributed by atoms with Gasteiger partial charge in [0.15, 0.2) is 0 Å². The summed E-state index contributed by atoms with van der Waals surface area (Å²) in [5.74, 6) is 1.09. The number of rotatable bonds is 9. The fraction of sp³-hybridized carbons (Fsp3) is 1.00. The third kappa shape index (κ3) is 5.91. The largest absolute Gasteiger partial charge is 0.394 e. The Bertz CT molecular complexity index is 222. The first-order valence-corrected chi connectivity index (χ1v) is 8.23. The fourth-order valence-electron chi connectivity index (χ4n) is 2.36. The first kappa shape index (κ1) is 16.3. The van der Waals surface area contributed by atoms with Crippen molar-refractivity contribution in [2.75, 3.05) is 25.5 Å². The molecule has 0 spiro atoms. The third-order valence-corrected chi connectivity index (χ3v) is 4.78. The smallest absolute Gasteiger partial charge is 0.0666 e. The number of hydrogen-bond donors (Lipinski definition) is 2. The highest BCUT2D eigenvalue weighted by Gasteiger charge is 2.26. The van der Waals surface area contributed by atoms with Crippen molar-refractivity contribution in [3.8, 4) is 0 Å². The van der Waals surface area contributed by atoms with Gasteiger partial charge in [-0.2, -0.15) is 11.8 Å². The van der Waals surface area contributed by atoms with Crippen LogP contribution in [-0.2, 0) is 4.74 Å². The summed E-state index contributed by atoms with van der Waals surface area (Å²) in [6.07, 6.45) is 4.99. The van der Waals surface area contributed by atoms with E-state index in [2.05, 4.69) is 26.1 Å². The fourth-order valence-corrected chi connectivity index (χ4v) is 3.65. The van der Waals surface area contributed by atoms with E-state index in [0.717, 1.165) is 31.7 Å². The summed E-state index contributed by atoms with van der Waals surface area (Å²) in [5.41, 5.74) is -0.140. The lowest BCUT2D eigenvalue weighted by Crippen LogP contribution is -2.47.